The summed E-state index contributed by atoms with van der Waals surface area (Å²) in [6.45, 7) is 5.37. The Morgan fingerprint density at radius 1 is 1.24 bits per heavy atom. The molecule has 25 heavy (non-hydrogen) atoms. The second-order valence-electron chi connectivity index (χ2n) is 5.75. The van der Waals surface area contributed by atoms with Crippen molar-refractivity contribution >= 4 is 41.5 Å². The van der Waals surface area contributed by atoms with Crippen LogP contribution in [0.2, 0.25) is 5.02 Å². The van der Waals surface area contributed by atoms with E-state index in [0.717, 1.165) is 24.5 Å². The molecule has 1 aromatic heterocycles. The van der Waals surface area contributed by atoms with E-state index in [0.29, 0.717) is 11.7 Å². The van der Waals surface area contributed by atoms with Gasteiger partial charge in [-0.15, -0.1) is 24.0 Å². The Hall–Kier alpha value is -1.25. The number of halogens is 2. The van der Waals surface area contributed by atoms with E-state index in [-0.39, 0.29) is 30.5 Å². The SMILES string of the molecule is CCNC(=NCC(C)(O)c1ccco1)NCCc1ccc(Cl)cc1.I. The van der Waals surface area contributed by atoms with Crippen LogP contribution < -0.4 is 10.6 Å². The van der Waals surface area contributed by atoms with Crippen LogP contribution in [-0.4, -0.2) is 30.7 Å². The van der Waals surface area contributed by atoms with Crippen LogP contribution in [0.5, 0.6) is 0 Å². The van der Waals surface area contributed by atoms with E-state index >= 15 is 0 Å². The average molecular weight is 478 g/mol. The minimum absolute atomic E-state index is 0. The average Bonchev–Trinajstić information content (AvgIpc) is 3.10. The van der Waals surface area contributed by atoms with Crippen LogP contribution in [-0.2, 0) is 12.0 Å². The highest BCUT2D eigenvalue weighted by atomic mass is 127. The van der Waals surface area contributed by atoms with E-state index in [9.17, 15) is 5.11 Å². The number of aliphatic hydroxyl groups is 1. The van der Waals surface area contributed by atoms with Crippen molar-refractivity contribution in [1.82, 2.24) is 10.6 Å². The van der Waals surface area contributed by atoms with Crippen LogP contribution in [0.15, 0.2) is 52.1 Å². The number of aliphatic imine (C=N–C) groups is 1. The van der Waals surface area contributed by atoms with Gasteiger partial charge in [0, 0.05) is 18.1 Å². The molecule has 5 nitrogen and oxygen atoms in total. The van der Waals surface area contributed by atoms with Gasteiger partial charge in [0.2, 0.25) is 0 Å². The number of hydrogen-bond donors (Lipinski definition) is 3. The number of benzene rings is 1. The molecule has 138 valence electrons. The first-order valence-electron chi connectivity index (χ1n) is 8.04. The Morgan fingerprint density at radius 2 is 1.96 bits per heavy atom. The molecular weight excluding hydrogens is 453 g/mol. The first kappa shape index (κ1) is 21.8. The summed E-state index contributed by atoms with van der Waals surface area (Å²) in [5.74, 6) is 1.17. The summed E-state index contributed by atoms with van der Waals surface area (Å²) < 4.78 is 5.27. The van der Waals surface area contributed by atoms with Crippen LogP contribution >= 0.6 is 35.6 Å². The molecule has 1 atom stereocenters. The third-order valence-corrected chi connectivity index (χ3v) is 3.81. The molecule has 0 amide bonds. The summed E-state index contributed by atoms with van der Waals surface area (Å²) in [4.78, 5) is 4.45. The van der Waals surface area contributed by atoms with Crippen molar-refractivity contribution in [2.75, 3.05) is 19.6 Å². The highest BCUT2D eigenvalue weighted by Gasteiger charge is 2.25. The molecule has 7 heteroatoms. The normalized spacial score (nSPS) is 13.7. The molecule has 0 bridgehead atoms. The largest absolute Gasteiger partial charge is 0.466 e. The minimum Gasteiger partial charge on any atom is -0.466 e. The topological polar surface area (TPSA) is 69.8 Å². The van der Waals surface area contributed by atoms with Crippen LogP contribution in [0.3, 0.4) is 0 Å². The maximum atomic E-state index is 10.5. The smallest absolute Gasteiger partial charge is 0.191 e. The maximum absolute atomic E-state index is 10.5. The van der Waals surface area contributed by atoms with Crippen molar-refractivity contribution in [3.63, 3.8) is 0 Å². The summed E-state index contributed by atoms with van der Waals surface area (Å²) in [7, 11) is 0. The predicted octanol–water partition coefficient (Wildman–Crippen LogP) is 3.56. The Bertz CT molecular complexity index is 643. The van der Waals surface area contributed by atoms with Gasteiger partial charge in [-0.2, -0.15) is 0 Å². The van der Waals surface area contributed by atoms with Crippen molar-refractivity contribution in [3.05, 3.63) is 59.0 Å². The van der Waals surface area contributed by atoms with Gasteiger partial charge in [0.25, 0.3) is 0 Å². The highest BCUT2D eigenvalue weighted by Crippen LogP contribution is 2.21. The van der Waals surface area contributed by atoms with E-state index in [1.807, 2.05) is 31.2 Å². The second kappa shape index (κ2) is 10.7. The Balaban J connectivity index is 0.00000312. The molecule has 0 aliphatic carbocycles. The van der Waals surface area contributed by atoms with Crippen LogP contribution in [0.1, 0.15) is 25.2 Å². The highest BCUT2D eigenvalue weighted by molar-refractivity contribution is 14.0. The van der Waals surface area contributed by atoms with Crippen molar-refractivity contribution in [3.8, 4) is 0 Å². The monoisotopic (exact) mass is 477 g/mol. The number of guanidine groups is 1. The summed E-state index contributed by atoms with van der Waals surface area (Å²) in [6.07, 6.45) is 2.40. The van der Waals surface area contributed by atoms with Gasteiger partial charge in [-0.3, -0.25) is 0 Å². The van der Waals surface area contributed by atoms with E-state index in [1.165, 1.54) is 5.56 Å². The van der Waals surface area contributed by atoms with Crippen LogP contribution in [0.4, 0.5) is 0 Å². The standard InChI is InChI=1S/C18H24ClN3O2.HI/c1-3-20-17(21-11-10-14-6-8-15(19)9-7-14)22-13-18(2,23)16-5-4-12-24-16;/h4-9,12,23H,3,10-11,13H2,1-2H3,(H2,20,21,22);1H. The van der Waals surface area contributed by atoms with Crippen molar-refractivity contribution in [2.24, 2.45) is 4.99 Å². The third-order valence-electron chi connectivity index (χ3n) is 3.56. The number of rotatable bonds is 7. The lowest BCUT2D eigenvalue weighted by atomic mass is 10.0. The third kappa shape index (κ3) is 7.25. The van der Waals surface area contributed by atoms with E-state index < -0.39 is 5.60 Å². The molecule has 2 rings (SSSR count). The lowest BCUT2D eigenvalue weighted by Gasteiger charge is -2.19. The predicted molar refractivity (Wildman–Crippen MR) is 113 cm³/mol. The molecule has 1 aromatic carbocycles. The zero-order valence-corrected chi connectivity index (χ0v) is 17.5. The fourth-order valence-electron chi connectivity index (χ4n) is 2.21. The molecule has 0 radical (unpaired) electrons. The van der Waals surface area contributed by atoms with Gasteiger partial charge in [0.05, 0.1) is 12.8 Å². The van der Waals surface area contributed by atoms with Crippen LogP contribution in [0.25, 0.3) is 0 Å². The maximum Gasteiger partial charge on any atom is 0.191 e. The van der Waals surface area contributed by atoms with Gasteiger partial charge in [-0.25, -0.2) is 4.99 Å². The summed E-state index contributed by atoms with van der Waals surface area (Å²) in [5, 5.41) is 17.6. The van der Waals surface area contributed by atoms with Crippen LogP contribution in [0, 0.1) is 0 Å². The van der Waals surface area contributed by atoms with Gasteiger partial charge in [-0.1, -0.05) is 23.7 Å². The second-order valence-corrected chi connectivity index (χ2v) is 6.19. The molecule has 2 aromatic rings. The van der Waals surface area contributed by atoms with Gasteiger partial charge in [0.15, 0.2) is 5.96 Å². The Labute approximate surface area is 170 Å². The number of nitrogens with one attached hydrogen (secondary N) is 2. The lowest BCUT2D eigenvalue weighted by Crippen LogP contribution is -2.39. The fourth-order valence-corrected chi connectivity index (χ4v) is 2.34. The van der Waals surface area contributed by atoms with Crippen molar-refractivity contribution in [1.29, 1.82) is 0 Å². The van der Waals surface area contributed by atoms with E-state index in [2.05, 4.69) is 15.6 Å². The zero-order chi connectivity index (χ0) is 17.4. The number of nitrogens with zero attached hydrogens (tertiary/aromatic N) is 1. The van der Waals surface area contributed by atoms with E-state index in [1.54, 1.807) is 25.3 Å². The molecule has 0 aliphatic heterocycles. The Kier molecular flexibility index (Phi) is 9.31. The first-order chi connectivity index (χ1) is 11.5. The molecule has 0 aliphatic rings. The fraction of sp³-hybridized carbons (Fsp3) is 0.389. The van der Waals surface area contributed by atoms with E-state index in [4.69, 9.17) is 16.0 Å². The Morgan fingerprint density at radius 3 is 2.56 bits per heavy atom. The zero-order valence-electron chi connectivity index (χ0n) is 14.5. The molecular formula is C18H25ClIN3O2. The summed E-state index contributed by atoms with van der Waals surface area (Å²) in [5.41, 5.74) is 0.0625. The quantitative estimate of drug-likeness (QED) is 0.324. The molecule has 0 saturated heterocycles. The molecule has 0 saturated carbocycles. The molecule has 1 heterocycles. The molecule has 3 N–H and O–H groups in total. The van der Waals surface area contributed by atoms with Gasteiger partial charge >= 0.3 is 0 Å². The summed E-state index contributed by atoms with van der Waals surface area (Å²) in [6, 6.07) is 11.3. The molecule has 1 unspecified atom stereocenters. The van der Waals surface area contributed by atoms with Crippen molar-refractivity contribution in [2.45, 2.75) is 25.9 Å². The lowest BCUT2D eigenvalue weighted by molar-refractivity contribution is 0.0437. The molecule has 0 fully saturated rings. The van der Waals surface area contributed by atoms with Gasteiger partial charge < -0.3 is 20.2 Å². The van der Waals surface area contributed by atoms with Gasteiger partial charge in [0.1, 0.15) is 11.4 Å². The van der Waals surface area contributed by atoms with Crippen molar-refractivity contribution < 1.29 is 9.52 Å². The number of hydrogen-bond acceptors (Lipinski definition) is 3. The number of furan rings is 1. The van der Waals surface area contributed by atoms with Gasteiger partial charge in [-0.05, 0) is 50.1 Å². The minimum atomic E-state index is -1.14. The first-order valence-corrected chi connectivity index (χ1v) is 8.42. The summed E-state index contributed by atoms with van der Waals surface area (Å²) >= 11 is 5.89. The molecule has 0 spiro atoms.